The van der Waals surface area contributed by atoms with Gasteiger partial charge in [0, 0.05) is 17.5 Å². The molecule has 1 atom stereocenters. The van der Waals surface area contributed by atoms with Gasteiger partial charge in [-0.1, -0.05) is 28.1 Å². The number of hydrogen-bond donors (Lipinski definition) is 1. The fourth-order valence-corrected chi connectivity index (χ4v) is 2.81. The Balaban J connectivity index is 2.52. The molecule has 1 unspecified atom stereocenters. The van der Waals surface area contributed by atoms with Gasteiger partial charge in [-0.2, -0.15) is 0 Å². The summed E-state index contributed by atoms with van der Waals surface area (Å²) in [5.41, 5.74) is 3.07. The highest BCUT2D eigenvalue weighted by Crippen LogP contribution is 2.34. The number of hydrazone groups is 1. The molecule has 0 radical (unpaired) electrons. The molecule has 1 aromatic rings. The van der Waals surface area contributed by atoms with Gasteiger partial charge in [0.25, 0.3) is 5.69 Å². The molecule has 0 saturated heterocycles. The summed E-state index contributed by atoms with van der Waals surface area (Å²) in [5, 5.41) is 15.4. The Kier molecular flexibility index (Phi) is 7.95. The monoisotopic (exact) mass is 471 g/mol. The van der Waals surface area contributed by atoms with E-state index in [1.807, 2.05) is 0 Å². The number of alkyl halides is 1. The third kappa shape index (κ3) is 5.67. The van der Waals surface area contributed by atoms with Crippen molar-refractivity contribution in [3.63, 3.8) is 0 Å². The Morgan fingerprint density at radius 2 is 1.86 bits per heavy atom. The van der Waals surface area contributed by atoms with E-state index in [1.54, 1.807) is 19.9 Å². The van der Waals surface area contributed by atoms with E-state index in [4.69, 9.17) is 18.9 Å². The molecule has 1 aliphatic heterocycles. The number of carbonyl (C=O) groups is 2. The van der Waals surface area contributed by atoms with E-state index in [0.717, 1.165) is 0 Å². The zero-order valence-corrected chi connectivity index (χ0v) is 17.1. The lowest BCUT2D eigenvalue weighted by Crippen LogP contribution is -2.33. The van der Waals surface area contributed by atoms with Crippen molar-refractivity contribution in [3.05, 3.63) is 51.4 Å². The number of allylic oxidation sites excluding steroid dienone is 1. The molecule has 12 heteroatoms. The number of halogens is 1. The van der Waals surface area contributed by atoms with Crippen LogP contribution in [0, 0.1) is 10.1 Å². The molecule has 1 heterocycles. The number of carbonyl (C=O) groups excluding carboxylic acids is 2. The van der Waals surface area contributed by atoms with Gasteiger partial charge >= 0.3 is 12.3 Å². The maximum atomic E-state index is 12.0. The summed E-state index contributed by atoms with van der Waals surface area (Å²) >= 11 is 3.25. The number of nitro benzene ring substituents is 1. The maximum Gasteiger partial charge on any atom is 0.515 e. The smallest absolute Gasteiger partial charge is 0.434 e. The summed E-state index contributed by atoms with van der Waals surface area (Å²) in [6.07, 6.45) is -2.02. The van der Waals surface area contributed by atoms with Gasteiger partial charge in [0.15, 0.2) is 0 Å². The normalized spacial score (nSPS) is 15.7. The lowest BCUT2D eigenvalue weighted by atomic mass is 9.94. The van der Waals surface area contributed by atoms with Crippen LogP contribution in [0.1, 0.15) is 25.3 Å². The molecule has 1 aromatic carbocycles. The van der Waals surface area contributed by atoms with Crippen molar-refractivity contribution in [1.82, 2.24) is 5.43 Å². The molecule has 156 valence electrons. The number of nitrogens with one attached hydrogen (secondary N) is 1. The molecule has 1 N–H and O–H groups in total. The molecule has 0 aliphatic carbocycles. The Hall–Kier alpha value is -3.15. The molecule has 0 fully saturated rings. The number of ether oxygens (including phenoxy) is 4. The van der Waals surface area contributed by atoms with E-state index in [9.17, 15) is 19.7 Å². The van der Waals surface area contributed by atoms with Crippen LogP contribution in [0.5, 0.6) is 0 Å². The SMILES string of the molecule is CCOC(=O)OC1=NNC(CBr)=C(OC(=O)OCC)C1c1cccc([N+](=O)[O-])c1. The van der Waals surface area contributed by atoms with Crippen molar-refractivity contribution in [2.24, 2.45) is 5.10 Å². The first-order valence-electron chi connectivity index (χ1n) is 8.47. The predicted octanol–water partition coefficient (Wildman–Crippen LogP) is 3.55. The third-order valence-corrected chi connectivity index (χ3v) is 4.12. The zero-order valence-electron chi connectivity index (χ0n) is 15.5. The van der Waals surface area contributed by atoms with Crippen molar-refractivity contribution < 1.29 is 33.5 Å². The Morgan fingerprint density at radius 1 is 1.21 bits per heavy atom. The van der Waals surface area contributed by atoms with Crippen LogP contribution < -0.4 is 5.43 Å². The van der Waals surface area contributed by atoms with Gasteiger partial charge in [-0.05, 0) is 19.4 Å². The van der Waals surface area contributed by atoms with Crippen molar-refractivity contribution in [1.29, 1.82) is 0 Å². The molecule has 2 rings (SSSR count). The average Bonchev–Trinajstić information content (AvgIpc) is 2.68. The molecular weight excluding hydrogens is 454 g/mol. The van der Waals surface area contributed by atoms with Crippen LogP contribution in [0.15, 0.2) is 40.8 Å². The first kappa shape index (κ1) is 22.1. The summed E-state index contributed by atoms with van der Waals surface area (Å²) in [6, 6.07) is 5.57. The highest BCUT2D eigenvalue weighted by molar-refractivity contribution is 9.09. The van der Waals surface area contributed by atoms with Crippen LogP contribution in [-0.4, -0.2) is 41.7 Å². The van der Waals surface area contributed by atoms with E-state index in [0.29, 0.717) is 11.3 Å². The molecule has 11 nitrogen and oxygen atoms in total. The summed E-state index contributed by atoms with van der Waals surface area (Å²) < 4.78 is 20.0. The van der Waals surface area contributed by atoms with Crippen molar-refractivity contribution in [2.45, 2.75) is 19.8 Å². The minimum Gasteiger partial charge on any atom is -0.434 e. The van der Waals surface area contributed by atoms with Gasteiger partial charge in [0.05, 0.1) is 23.8 Å². The lowest BCUT2D eigenvalue weighted by Gasteiger charge is -2.26. The van der Waals surface area contributed by atoms with Crippen LogP contribution in [0.3, 0.4) is 0 Å². The van der Waals surface area contributed by atoms with Crippen LogP contribution in [0.25, 0.3) is 0 Å². The Bertz CT molecular complexity index is 855. The second-order valence-corrected chi connectivity index (χ2v) is 5.95. The second kappa shape index (κ2) is 10.4. The maximum absolute atomic E-state index is 12.0. The van der Waals surface area contributed by atoms with E-state index in [1.165, 1.54) is 18.2 Å². The fourth-order valence-electron chi connectivity index (χ4n) is 2.41. The molecule has 1 aliphatic rings. The van der Waals surface area contributed by atoms with Gasteiger partial charge in [-0.3, -0.25) is 15.5 Å². The van der Waals surface area contributed by atoms with Gasteiger partial charge in [0.2, 0.25) is 5.90 Å². The zero-order chi connectivity index (χ0) is 21.4. The molecule has 0 aromatic heterocycles. The molecule has 0 amide bonds. The summed E-state index contributed by atoms with van der Waals surface area (Å²) in [7, 11) is 0. The minimum atomic E-state index is -1.04. The Labute approximate surface area is 173 Å². The predicted molar refractivity (Wildman–Crippen MR) is 103 cm³/mol. The number of rotatable bonds is 6. The highest BCUT2D eigenvalue weighted by Gasteiger charge is 2.36. The van der Waals surface area contributed by atoms with E-state index in [-0.39, 0.29) is 35.9 Å². The number of benzene rings is 1. The molecule has 29 heavy (non-hydrogen) atoms. The highest BCUT2D eigenvalue weighted by atomic mass is 79.9. The molecule has 0 spiro atoms. The van der Waals surface area contributed by atoms with Gasteiger partial charge < -0.3 is 18.9 Å². The topological polar surface area (TPSA) is 139 Å². The van der Waals surface area contributed by atoms with Crippen LogP contribution in [-0.2, 0) is 18.9 Å². The van der Waals surface area contributed by atoms with Crippen molar-refractivity contribution in [3.8, 4) is 0 Å². The minimum absolute atomic E-state index is 0.00937. The van der Waals surface area contributed by atoms with E-state index >= 15 is 0 Å². The molecular formula is C17H18BrN3O8. The van der Waals surface area contributed by atoms with Gasteiger partial charge in [-0.25, -0.2) is 9.59 Å². The fraction of sp³-hybridized carbons (Fsp3) is 0.353. The summed E-state index contributed by atoms with van der Waals surface area (Å²) in [5.74, 6) is -1.25. The number of nitro groups is 1. The van der Waals surface area contributed by atoms with Crippen molar-refractivity contribution in [2.75, 3.05) is 18.5 Å². The van der Waals surface area contributed by atoms with E-state index in [2.05, 4.69) is 26.5 Å². The number of nitrogens with zero attached hydrogens (tertiary/aromatic N) is 2. The Morgan fingerprint density at radius 3 is 2.45 bits per heavy atom. The largest absolute Gasteiger partial charge is 0.515 e. The number of non-ortho nitro benzene ring substituents is 1. The van der Waals surface area contributed by atoms with Crippen LogP contribution in [0.2, 0.25) is 0 Å². The van der Waals surface area contributed by atoms with Crippen molar-refractivity contribution >= 4 is 39.8 Å². The third-order valence-electron chi connectivity index (χ3n) is 3.56. The quantitative estimate of drug-likeness (QED) is 0.285. The first-order valence-corrected chi connectivity index (χ1v) is 9.59. The average molecular weight is 472 g/mol. The lowest BCUT2D eigenvalue weighted by molar-refractivity contribution is -0.384. The summed E-state index contributed by atoms with van der Waals surface area (Å²) in [6.45, 7) is 3.34. The second-order valence-electron chi connectivity index (χ2n) is 5.39. The van der Waals surface area contributed by atoms with Crippen LogP contribution in [0.4, 0.5) is 15.3 Å². The van der Waals surface area contributed by atoms with E-state index < -0.39 is 23.2 Å². The number of hydrogen-bond acceptors (Lipinski definition) is 10. The van der Waals surface area contributed by atoms with Gasteiger partial charge in [-0.15, -0.1) is 5.10 Å². The molecule has 0 bridgehead atoms. The first-order chi connectivity index (χ1) is 13.9. The summed E-state index contributed by atoms with van der Waals surface area (Å²) in [4.78, 5) is 34.4. The van der Waals surface area contributed by atoms with Crippen LogP contribution >= 0.6 is 15.9 Å². The standard InChI is InChI=1S/C17H18BrN3O8/c1-3-26-16(22)28-14-12(9-18)19-20-15(29-17(23)27-4-2)13(14)10-6-5-7-11(8-10)21(24)25/h5-8,13,19H,3-4,9H2,1-2H3. The molecule has 0 saturated carbocycles. The van der Waals surface area contributed by atoms with Gasteiger partial charge in [0.1, 0.15) is 11.7 Å².